The molecule has 0 saturated carbocycles. The number of rotatable bonds is 3. The van der Waals surface area contributed by atoms with E-state index in [0.29, 0.717) is 0 Å². The van der Waals surface area contributed by atoms with E-state index in [0.717, 1.165) is 22.3 Å². The second-order valence-electron chi connectivity index (χ2n) is 11.3. The Balaban J connectivity index is 1.26. The van der Waals surface area contributed by atoms with Gasteiger partial charge in [0, 0.05) is 10.9 Å². The van der Waals surface area contributed by atoms with Crippen LogP contribution >= 0.6 is 0 Å². The molecule has 200 valence electrons. The molecule has 0 aliphatic carbocycles. The Kier molecular flexibility index (Phi) is 5.27. The van der Waals surface area contributed by atoms with Crippen LogP contribution in [0.1, 0.15) is 0 Å². The first-order valence-corrected chi connectivity index (χ1v) is 14.8. The molecule has 1 nitrogen and oxygen atoms in total. The maximum absolute atomic E-state index is 6.62. The van der Waals surface area contributed by atoms with Crippen LogP contribution < -0.4 is 0 Å². The molecule has 0 N–H and O–H groups in total. The lowest BCUT2D eigenvalue weighted by molar-refractivity contribution is 0.633. The quantitative estimate of drug-likeness (QED) is 0.201. The standard InChI is InChI=1S/C42H26O/c1-2-12-31-25-39-32(24-30(31)11-1)26-40(43-39)42-37-17-7-5-15-35(37)41(36-16-6-8-18-38(36)42)29-22-20-28(21-23-29)34-19-9-13-27-10-3-4-14-33(27)34/h1-26H. The summed E-state index contributed by atoms with van der Waals surface area (Å²) in [6, 6.07) is 56.8. The Hall–Kier alpha value is -5.66. The van der Waals surface area contributed by atoms with Crippen LogP contribution in [0.4, 0.5) is 0 Å². The average molecular weight is 547 g/mol. The van der Waals surface area contributed by atoms with Crippen LogP contribution in [0.25, 0.3) is 87.6 Å². The van der Waals surface area contributed by atoms with Gasteiger partial charge in [0.05, 0.1) is 0 Å². The SMILES string of the molecule is c1ccc2cc3oc(-c4c5ccccc5c(-c5ccc(-c6cccc7ccccc67)cc5)c5ccccc45)cc3cc2c1. The number of hydrogen-bond acceptors (Lipinski definition) is 1. The zero-order valence-electron chi connectivity index (χ0n) is 23.4. The summed E-state index contributed by atoms with van der Waals surface area (Å²) < 4.78 is 6.62. The summed E-state index contributed by atoms with van der Waals surface area (Å²) in [5.74, 6) is 0.899. The lowest BCUT2D eigenvalue weighted by Crippen LogP contribution is -1.90. The zero-order valence-corrected chi connectivity index (χ0v) is 23.4. The van der Waals surface area contributed by atoms with Crippen molar-refractivity contribution in [2.24, 2.45) is 0 Å². The highest BCUT2D eigenvalue weighted by Crippen LogP contribution is 2.45. The number of hydrogen-bond donors (Lipinski definition) is 0. The lowest BCUT2D eigenvalue weighted by atomic mass is 9.87. The van der Waals surface area contributed by atoms with E-state index >= 15 is 0 Å². The van der Waals surface area contributed by atoms with Crippen molar-refractivity contribution in [3.8, 4) is 33.6 Å². The van der Waals surface area contributed by atoms with Gasteiger partial charge in [0.15, 0.2) is 0 Å². The fourth-order valence-electron chi connectivity index (χ4n) is 6.85. The van der Waals surface area contributed by atoms with Gasteiger partial charge in [0.1, 0.15) is 11.3 Å². The minimum absolute atomic E-state index is 0.899. The Labute approximate surface area is 249 Å². The highest BCUT2D eigenvalue weighted by Gasteiger charge is 2.19. The first kappa shape index (κ1) is 24.0. The van der Waals surface area contributed by atoms with Crippen LogP contribution in [0.2, 0.25) is 0 Å². The van der Waals surface area contributed by atoms with Crippen molar-refractivity contribution < 1.29 is 4.42 Å². The highest BCUT2D eigenvalue weighted by molar-refractivity contribution is 6.21. The zero-order chi connectivity index (χ0) is 28.3. The van der Waals surface area contributed by atoms with Crippen LogP contribution in [0.5, 0.6) is 0 Å². The maximum atomic E-state index is 6.62. The number of furan rings is 1. The molecule has 0 radical (unpaired) electrons. The average Bonchev–Trinajstić information content (AvgIpc) is 3.48. The second kappa shape index (κ2) is 9.44. The monoisotopic (exact) mass is 546 g/mol. The van der Waals surface area contributed by atoms with E-state index in [2.05, 4.69) is 158 Å². The fourth-order valence-corrected chi connectivity index (χ4v) is 6.85. The molecule has 1 heterocycles. The van der Waals surface area contributed by atoms with E-state index in [4.69, 9.17) is 4.42 Å². The van der Waals surface area contributed by atoms with E-state index < -0.39 is 0 Å². The van der Waals surface area contributed by atoms with Gasteiger partial charge in [-0.05, 0) is 83.5 Å². The van der Waals surface area contributed by atoms with Gasteiger partial charge < -0.3 is 4.42 Å². The Bertz CT molecular complexity index is 2380. The molecule has 0 spiro atoms. The van der Waals surface area contributed by atoms with E-state index in [1.807, 2.05) is 0 Å². The Morgan fingerprint density at radius 2 is 0.837 bits per heavy atom. The predicted molar refractivity (Wildman–Crippen MR) is 183 cm³/mol. The minimum Gasteiger partial charge on any atom is -0.456 e. The van der Waals surface area contributed by atoms with Crippen LogP contribution in [0.15, 0.2) is 162 Å². The summed E-state index contributed by atoms with van der Waals surface area (Å²) in [4.78, 5) is 0. The smallest absolute Gasteiger partial charge is 0.136 e. The van der Waals surface area contributed by atoms with E-state index in [-0.39, 0.29) is 0 Å². The van der Waals surface area contributed by atoms with Crippen molar-refractivity contribution in [3.05, 3.63) is 158 Å². The first-order valence-electron chi connectivity index (χ1n) is 14.8. The van der Waals surface area contributed by atoms with Crippen molar-refractivity contribution in [2.45, 2.75) is 0 Å². The largest absolute Gasteiger partial charge is 0.456 e. The first-order chi connectivity index (χ1) is 21.3. The molecule has 0 atom stereocenters. The molecule has 0 fully saturated rings. The number of benzene rings is 8. The molecular formula is C42H26O. The van der Waals surface area contributed by atoms with Gasteiger partial charge in [-0.25, -0.2) is 0 Å². The molecular weight excluding hydrogens is 520 g/mol. The molecule has 0 unspecified atom stereocenters. The van der Waals surface area contributed by atoms with Gasteiger partial charge >= 0.3 is 0 Å². The molecule has 1 heteroatoms. The maximum Gasteiger partial charge on any atom is 0.136 e. The Morgan fingerprint density at radius 3 is 1.51 bits per heavy atom. The highest BCUT2D eigenvalue weighted by atomic mass is 16.3. The third-order valence-corrected chi connectivity index (χ3v) is 8.84. The topological polar surface area (TPSA) is 13.1 Å². The van der Waals surface area contributed by atoms with Crippen molar-refractivity contribution in [1.82, 2.24) is 0 Å². The minimum atomic E-state index is 0.899. The van der Waals surface area contributed by atoms with Crippen molar-refractivity contribution >= 4 is 54.1 Å². The Morgan fingerprint density at radius 1 is 0.326 bits per heavy atom. The van der Waals surface area contributed by atoms with Gasteiger partial charge in [-0.3, -0.25) is 0 Å². The van der Waals surface area contributed by atoms with Gasteiger partial charge in [-0.2, -0.15) is 0 Å². The fraction of sp³-hybridized carbons (Fsp3) is 0. The molecule has 0 saturated heterocycles. The molecule has 0 amide bonds. The molecule has 8 aromatic carbocycles. The van der Waals surface area contributed by atoms with E-state index in [1.165, 1.54) is 65.3 Å². The van der Waals surface area contributed by atoms with Crippen LogP contribution in [-0.2, 0) is 0 Å². The summed E-state index contributed by atoms with van der Waals surface area (Å²) in [6.07, 6.45) is 0. The van der Waals surface area contributed by atoms with Crippen LogP contribution in [-0.4, -0.2) is 0 Å². The normalized spacial score (nSPS) is 11.7. The molecule has 0 bridgehead atoms. The van der Waals surface area contributed by atoms with Gasteiger partial charge in [-0.1, -0.05) is 140 Å². The van der Waals surface area contributed by atoms with Crippen molar-refractivity contribution in [2.75, 3.05) is 0 Å². The van der Waals surface area contributed by atoms with Gasteiger partial charge in [0.2, 0.25) is 0 Å². The third-order valence-electron chi connectivity index (χ3n) is 8.84. The third kappa shape index (κ3) is 3.79. The van der Waals surface area contributed by atoms with E-state index in [9.17, 15) is 0 Å². The summed E-state index contributed by atoms with van der Waals surface area (Å²) >= 11 is 0. The molecule has 0 aliphatic rings. The molecule has 9 aromatic rings. The van der Waals surface area contributed by atoms with Crippen molar-refractivity contribution in [1.29, 1.82) is 0 Å². The molecule has 9 rings (SSSR count). The summed E-state index contributed by atoms with van der Waals surface area (Å²) in [6.45, 7) is 0. The molecule has 0 aliphatic heterocycles. The summed E-state index contributed by atoms with van der Waals surface area (Å²) in [5.41, 5.74) is 6.99. The van der Waals surface area contributed by atoms with Crippen LogP contribution in [0, 0.1) is 0 Å². The molecule has 1 aromatic heterocycles. The van der Waals surface area contributed by atoms with Crippen molar-refractivity contribution in [3.63, 3.8) is 0 Å². The van der Waals surface area contributed by atoms with E-state index in [1.54, 1.807) is 0 Å². The lowest BCUT2D eigenvalue weighted by Gasteiger charge is -2.16. The second-order valence-corrected chi connectivity index (χ2v) is 11.3. The van der Waals surface area contributed by atoms with Gasteiger partial charge in [-0.15, -0.1) is 0 Å². The number of fused-ring (bicyclic) bond motifs is 5. The van der Waals surface area contributed by atoms with Crippen LogP contribution in [0.3, 0.4) is 0 Å². The summed E-state index contributed by atoms with van der Waals surface area (Å²) in [5, 5.41) is 10.9. The summed E-state index contributed by atoms with van der Waals surface area (Å²) in [7, 11) is 0. The van der Waals surface area contributed by atoms with Gasteiger partial charge in [0.25, 0.3) is 0 Å². The molecule has 43 heavy (non-hydrogen) atoms. The predicted octanol–water partition coefficient (Wildman–Crippen LogP) is 12.0.